The summed E-state index contributed by atoms with van der Waals surface area (Å²) < 4.78 is 5.91. The van der Waals surface area contributed by atoms with Crippen molar-refractivity contribution in [2.24, 2.45) is 0 Å². The normalized spacial score (nSPS) is 11.3. The third-order valence-electron chi connectivity index (χ3n) is 3.73. The Morgan fingerprint density at radius 2 is 2.00 bits per heavy atom. The van der Waals surface area contributed by atoms with Crippen LogP contribution in [-0.2, 0) is 0 Å². The predicted octanol–water partition coefficient (Wildman–Crippen LogP) is 4.04. The minimum absolute atomic E-state index is 0.375. The largest absolute Gasteiger partial charge is 0.436 e. The summed E-state index contributed by atoms with van der Waals surface area (Å²) >= 11 is 0. The Bertz CT molecular complexity index is 777. The van der Waals surface area contributed by atoms with Crippen LogP contribution in [0, 0.1) is 6.92 Å². The lowest BCUT2D eigenvalue weighted by atomic mass is 10.2. The van der Waals surface area contributed by atoms with Gasteiger partial charge in [-0.25, -0.2) is 4.98 Å². The number of aryl methyl sites for hydroxylation is 1. The maximum Gasteiger partial charge on any atom is 0.229 e. The number of aromatic nitrogens is 2. The van der Waals surface area contributed by atoms with E-state index in [4.69, 9.17) is 4.42 Å². The Balaban J connectivity index is 2.14. The molecule has 3 rings (SSSR count). The van der Waals surface area contributed by atoms with E-state index in [9.17, 15) is 0 Å². The maximum absolute atomic E-state index is 5.91. The third kappa shape index (κ3) is 2.49. The number of nitrogens with zero attached hydrogens (tertiary/aromatic N) is 3. The number of benzene rings is 1. The molecule has 0 bridgehead atoms. The Hall–Kier alpha value is -2.36. The second-order valence-electron chi connectivity index (χ2n) is 5.59. The first-order valence-electron chi connectivity index (χ1n) is 7.10. The van der Waals surface area contributed by atoms with Crippen molar-refractivity contribution in [2.75, 3.05) is 11.9 Å². The highest BCUT2D eigenvalue weighted by Crippen LogP contribution is 2.32. The third-order valence-corrected chi connectivity index (χ3v) is 3.73. The van der Waals surface area contributed by atoms with Gasteiger partial charge in [0.15, 0.2) is 5.58 Å². The lowest BCUT2D eigenvalue weighted by molar-refractivity contribution is 0.618. The number of pyridine rings is 1. The predicted molar refractivity (Wildman–Crippen MR) is 85.5 cm³/mol. The van der Waals surface area contributed by atoms with Gasteiger partial charge in [0.05, 0.1) is 17.4 Å². The number of rotatable bonds is 3. The Labute approximate surface area is 124 Å². The van der Waals surface area contributed by atoms with Crippen LogP contribution < -0.4 is 4.90 Å². The quantitative estimate of drug-likeness (QED) is 0.726. The van der Waals surface area contributed by atoms with Gasteiger partial charge < -0.3 is 9.32 Å². The molecule has 21 heavy (non-hydrogen) atoms. The van der Waals surface area contributed by atoms with E-state index in [1.165, 1.54) is 5.56 Å². The van der Waals surface area contributed by atoms with Crippen LogP contribution in [0.15, 0.2) is 41.1 Å². The first-order chi connectivity index (χ1) is 10.1. The van der Waals surface area contributed by atoms with E-state index in [-0.39, 0.29) is 0 Å². The molecule has 0 N–H and O–H groups in total. The van der Waals surface area contributed by atoms with E-state index in [1.54, 1.807) is 6.20 Å². The molecule has 0 fully saturated rings. The molecule has 0 atom stereocenters. The van der Waals surface area contributed by atoms with Crippen molar-refractivity contribution in [2.45, 2.75) is 26.8 Å². The van der Waals surface area contributed by atoms with E-state index in [0.717, 1.165) is 22.4 Å². The molecule has 0 amide bonds. The SMILES string of the molecule is Cc1ccc2oc(-c3ccncc3N(C)C(C)C)nc2c1. The molecule has 1 aromatic carbocycles. The number of fused-ring (bicyclic) bond motifs is 1. The monoisotopic (exact) mass is 281 g/mol. The lowest BCUT2D eigenvalue weighted by Crippen LogP contribution is -2.26. The molecule has 0 saturated heterocycles. The van der Waals surface area contributed by atoms with Gasteiger partial charge in [-0.3, -0.25) is 4.98 Å². The van der Waals surface area contributed by atoms with Crippen molar-refractivity contribution in [3.8, 4) is 11.5 Å². The summed E-state index contributed by atoms with van der Waals surface area (Å²) in [4.78, 5) is 11.0. The fourth-order valence-electron chi connectivity index (χ4n) is 2.28. The summed E-state index contributed by atoms with van der Waals surface area (Å²) in [6.07, 6.45) is 3.63. The standard InChI is InChI=1S/C17H19N3O/c1-11(2)20(4)15-10-18-8-7-13(15)17-19-14-9-12(3)5-6-16(14)21-17/h5-11H,1-4H3. The smallest absolute Gasteiger partial charge is 0.229 e. The number of hydrogen-bond donors (Lipinski definition) is 0. The molecule has 0 spiro atoms. The highest BCUT2D eigenvalue weighted by molar-refractivity contribution is 5.80. The van der Waals surface area contributed by atoms with Gasteiger partial charge in [0, 0.05) is 19.3 Å². The summed E-state index contributed by atoms with van der Waals surface area (Å²) in [5.74, 6) is 0.639. The van der Waals surface area contributed by atoms with Crippen LogP contribution in [-0.4, -0.2) is 23.1 Å². The minimum atomic E-state index is 0.375. The molecule has 4 nitrogen and oxygen atoms in total. The molecule has 2 heterocycles. The summed E-state index contributed by atoms with van der Waals surface area (Å²) in [5.41, 5.74) is 4.87. The van der Waals surface area contributed by atoms with Gasteiger partial charge >= 0.3 is 0 Å². The van der Waals surface area contributed by atoms with Gasteiger partial charge in [0.1, 0.15) is 5.52 Å². The highest BCUT2D eigenvalue weighted by Gasteiger charge is 2.16. The molecule has 0 aliphatic heterocycles. The summed E-state index contributed by atoms with van der Waals surface area (Å²) in [7, 11) is 2.05. The zero-order valence-corrected chi connectivity index (χ0v) is 12.8. The van der Waals surface area contributed by atoms with Crippen molar-refractivity contribution in [3.05, 3.63) is 42.2 Å². The van der Waals surface area contributed by atoms with Crippen LogP contribution in [0.25, 0.3) is 22.6 Å². The summed E-state index contributed by atoms with van der Waals surface area (Å²) in [6.45, 7) is 6.34. The molecular formula is C17H19N3O. The van der Waals surface area contributed by atoms with Gasteiger partial charge in [-0.15, -0.1) is 0 Å². The van der Waals surface area contributed by atoms with Crippen molar-refractivity contribution in [1.29, 1.82) is 0 Å². The van der Waals surface area contributed by atoms with Crippen LogP contribution in [0.5, 0.6) is 0 Å². The fourth-order valence-corrected chi connectivity index (χ4v) is 2.28. The molecule has 0 saturated carbocycles. The molecular weight excluding hydrogens is 262 g/mol. The fraction of sp³-hybridized carbons (Fsp3) is 0.294. The zero-order chi connectivity index (χ0) is 15.0. The number of oxazole rings is 1. The second-order valence-corrected chi connectivity index (χ2v) is 5.59. The topological polar surface area (TPSA) is 42.2 Å². The first-order valence-corrected chi connectivity index (χ1v) is 7.10. The van der Waals surface area contributed by atoms with E-state index in [2.05, 4.69) is 42.7 Å². The van der Waals surface area contributed by atoms with E-state index in [0.29, 0.717) is 11.9 Å². The first kappa shape index (κ1) is 13.6. The molecule has 4 heteroatoms. The van der Waals surface area contributed by atoms with Crippen LogP contribution in [0.2, 0.25) is 0 Å². The lowest BCUT2D eigenvalue weighted by Gasteiger charge is -2.24. The van der Waals surface area contributed by atoms with Crippen molar-refractivity contribution in [3.63, 3.8) is 0 Å². The maximum atomic E-state index is 5.91. The van der Waals surface area contributed by atoms with Gasteiger partial charge in [0.25, 0.3) is 0 Å². The average molecular weight is 281 g/mol. The molecule has 2 aromatic heterocycles. The van der Waals surface area contributed by atoms with Crippen LogP contribution >= 0.6 is 0 Å². The van der Waals surface area contributed by atoms with Crippen LogP contribution in [0.3, 0.4) is 0 Å². The average Bonchev–Trinajstić information content (AvgIpc) is 2.89. The Morgan fingerprint density at radius 1 is 1.19 bits per heavy atom. The van der Waals surface area contributed by atoms with Gasteiger partial charge in [-0.1, -0.05) is 6.07 Å². The molecule has 108 valence electrons. The zero-order valence-electron chi connectivity index (χ0n) is 12.8. The van der Waals surface area contributed by atoms with Crippen molar-refractivity contribution >= 4 is 16.8 Å². The molecule has 0 aliphatic carbocycles. The number of hydrogen-bond acceptors (Lipinski definition) is 4. The second kappa shape index (κ2) is 5.20. The van der Waals surface area contributed by atoms with Crippen LogP contribution in [0.4, 0.5) is 5.69 Å². The highest BCUT2D eigenvalue weighted by atomic mass is 16.3. The minimum Gasteiger partial charge on any atom is -0.436 e. The Kier molecular flexibility index (Phi) is 3.37. The van der Waals surface area contributed by atoms with Crippen molar-refractivity contribution in [1.82, 2.24) is 9.97 Å². The molecule has 0 unspecified atom stereocenters. The van der Waals surface area contributed by atoms with Gasteiger partial charge in [0.2, 0.25) is 5.89 Å². The summed E-state index contributed by atoms with van der Waals surface area (Å²) in [5, 5.41) is 0. The molecule has 3 aromatic rings. The van der Waals surface area contributed by atoms with Gasteiger partial charge in [-0.2, -0.15) is 0 Å². The van der Waals surface area contributed by atoms with E-state index < -0.39 is 0 Å². The summed E-state index contributed by atoms with van der Waals surface area (Å²) in [6, 6.07) is 8.36. The Morgan fingerprint density at radius 3 is 2.76 bits per heavy atom. The van der Waals surface area contributed by atoms with Crippen molar-refractivity contribution < 1.29 is 4.42 Å². The van der Waals surface area contributed by atoms with E-state index >= 15 is 0 Å². The van der Waals surface area contributed by atoms with E-state index in [1.807, 2.05) is 30.5 Å². The molecule has 0 aliphatic rings. The molecule has 0 radical (unpaired) electrons. The van der Waals surface area contributed by atoms with Gasteiger partial charge in [-0.05, 0) is 44.5 Å². The number of anilines is 1. The van der Waals surface area contributed by atoms with Crippen LogP contribution in [0.1, 0.15) is 19.4 Å².